The van der Waals surface area contributed by atoms with Gasteiger partial charge in [0.25, 0.3) is 0 Å². The number of nitrogens with zero attached hydrogens (tertiary/aromatic N) is 3. The highest BCUT2D eigenvalue weighted by Gasteiger charge is 2.24. The van der Waals surface area contributed by atoms with E-state index in [4.69, 9.17) is 14.3 Å². The molecule has 4 heterocycles. The van der Waals surface area contributed by atoms with Crippen molar-refractivity contribution in [3.63, 3.8) is 0 Å². The normalized spacial score (nSPS) is 15.2. The second kappa shape index (κ2) is 8.84. The van der Waals surface area contributed by atoms with Gasteiger partial charge in [0.05, 0.1) is 17.9 Å². The van der Waals surface area contributed by atoms with Crippen LogP contribution in [0, 0.1) is 5.92 Å². The fourth-order valence-electron chi connectivity index (χ4n) is 4.14. The molecule has 0 radical (unpaired) electrons. The average molecular weight is 432 g/mol. The summed E-state index contributed by atoms with van der Waals surface area (Å²) >= 11 is 0. The van der Waals surface area contributed by atoms with Crippen LogP contribution in [0.4, 0.5) is 0 Å². The predicted octanol–water partition coefficient (Wildman–Crippen LogP) is 4.35. The van der Waals surface area contributed by atoms with Gasteiger partial charge in [-0.2, -0.15) is 5.10 Å². The summed E-state index contributed by atoms with van der Waals surface area (Å²) in [6.45, 7) is 2.56. The van der Waals surface area contributed by atoms with Crippen LogP contribution in [-0.2, 0) is 11.2 Å². The number of aromatic amines is 1. The summed E-state index contributed by atoms with van der Waals surface area (Å²) in [5.74, 6) is 0.295. The first kappa shape index (κ1) is 20.3. The largest absolute Gasteiger partial charge is 0.481 e. The maximum absolute atomic E-state index is 11.1. The van der Waals surface area contributed by atoms with Crippen molar-refractivity contribution >= 4 is 16.9 Å². The van der Waals surface area contributed by atoms with Crippen molar-refractivity contribution in [2.75, 3.05) is 19.6 Å². The summed E-state index contributed by atoms with van der Waals surface area (Å²) in [6, 6.07) is 11.4. The zero-order valence-electron chi connectivity index (χ0n) is 17.5. The van der Waals surface area contributed by atoms with Gasteiger partial charge in [0.2, 0.25) is 5.88 Å². The lowest BCUT2D eigenvalue weighted by molar-refractivity contribution is -0.143. The van der Waals surface area contributed by atoms with Gasteiger partial charge in [-0.1, -0.05) is 0 Å². The zero-order valence-corrected chi connectivity index (χ0v) is 17.5. The Kier molecular flexibility index (Phi) is 5.60. The summed E-state index contributed by atoms with van der Waals surface area (Å²) < 4.78 is 11.7. The molecule has 3 aromatic heterocycles. The molecule has 164 valence electrons. The van der Waals surface area contributed by atoms with Gasteiger partial charge < -0.3 is 19.2 Å². The van der Waals surface area contributed by atoms with Crippen molar-refractivity contribution in [2.24, 2.45) is 5.92 Å². The van der Waals surface area contributed by atoms with Gasteiger partial charge in [0.1, 0.15) is 11.3 Å². The van der Waals surface area contributed by atoms with Gasteiger partial charge in [0, 0.05) is 42.0 Å². The number of hydrogen-bond acceptors (Lipinski definition) is 6. The molecule has 0 bridgehead atoms. The van der Waals surface area contributed by atoms with E-state index in [-0.39, 0.29) is 5.92 Å². The molecule has 32 heavy (non-hydrogen) atoms. The SMILES string of the molecule is O=C(O)C1CCN(CCc2coc3cc(Oc4ccc(-c5ccn[nH]5)cn4)ccc23)CC1. The Morgan fingerprint density at radius 1 is 1.22 bits per heavy atom. The maximum atomic E-state index is 11.1. The number of furan rings is 1. The van der Waals surface area contributed by atoms with E-state index in [1.54, 1.807) is 18.7 Å². The maximum Gasteiger partial charge on any atom is 0.306 e. The van der Waals surface area contributed by atoms with E-state index in [9.17, 15) is 4.79 Å². The number of carboxylic acid groups (broad SMARTS) is 1. The van der Waals surface area contributed by atoms with Gasteiger partial charge in [0.15, 0.2) is 0 Å². The van der Waals surface area contributed by atoms with Crippen LogP contribution < -0.4 is 4.74 Å². The molecule has 0 aliphatic carbocycles. The summed E-state index contributed by atoms with van der Waals surface area (Å²) in [7, 11) is 0. The van der Waals surface area contributed by atoms with Crippen LogP contribution in [0.1, 0.15) is 18.4 Å². The second-order valence-corrected chi connectivity index (χ2v) is 8.08. The number of rotatable bonds is 7. The molecule has 0 unspecified atom stereocenters. The van der Waals surface area contributed by atoms with Crippen molar-refractivity contribution in [2.45, 2.75) is 19.3 Å². The van der Waals surface area contributed by atoms with Crippen LogP contribution in [-0.4, -0.2) is 50.8 Å². The molecule has 8 nitrogen and oxygen atoms in total. The van der Waals surface area contributed by atoms with Crippen molar-refractivity contribution in [1.82, 2.24) is 20.1 Å². The molecule has 2 N–H and O–H groups in total. The molecule has 8 heteroatoms. The molecule has 4 aromatic rings. The molecule has 1 aromatic carbocycles. The van der Waals surface area contributed by atoms with Crippen LogP contribution in [0.5, 0.6) is 11.6 Å². The Labute approximate surface area is 184 Å². The first-order valence-corrected chi connectivity index (χ1v) is 10.7. The third-order valence-electron chi connectivity index (χ3n) is 6.03. The number of likely N-dealkylation sites (tertiary alicyclic amines) is 1. The van der Waals surface area contributed by atoms with Crippen molar-refractivity contribution in [3.8, 4) is 22.9 Å². The van der Waals surface area contributed by atoms with E-state index < -0.39 is 5.97 Å². The van der Waals surface area contributed by atoms with Crippen LogP contribution in [0.3, 0.4) is 0 Å². The van der Waals surface area contributed by atoms with Crippen LogP contribution in [0.25, 0.3) is 22.2 Å². The number of benzene rings is 1. The topological polar surface area (TPSA) is 104 Å². The minimum Gasteiger partial charge on any atom is -0.481 e. The van der Waals surface area contributed by atoms with Gasteiger partial charge in [-0.15, -0.1) is 0 Å². The number of carboxylic acids is 1. The standard InChI is InChI=1S/C24H24N4O4/c29-24(30)16-6-10-28(11-7-16)12-8-18-15-31-22-13-19(2-3-20(18)22)32-23-4-1-17(14-25-23)21-5-9-26-27-21/h1-5,9,13-16H,6-8,10-12H2,(H,26,27)(H,29,30). The number of piperidine rings is 1. The van der Waals surface area contributed by atoms with Gasteiger partial charge >= 0.3 is 5.97 Å². The predicted molar refractivity (Wildman–Crippen MR) is 119 cm³/mol. The number of nitrogens with one attached hydrogen (secondary N) is 1. The van der Waals surface area contributed by atoms with E-state index in [1.165, 1.54) is 0 Å². The highest BCUT2D eigenvalue weighted by atomic mass is 16.5. The van der Waals surface area contributed by atoms with Gasteiger partial charge in [-0.3, -0.25) is 9.89 Å². The Hall–Kier alpha value is -3.65. The minimum atomic E-state index is -0.674. The molecular weight excluding hydrogens is 408 g/mol. The highest BCUT2D eigenvalue weighted by Crippen LogP contribution is 2.29. The number of pyridine rings is 1. The highest BCUT2D eigenvalue weighted by molar-refractivity contribution is 5.82. The first-order valence-electron chi connectivity index (χ1n) is 10.7. The molecule has 1 aliphatic heterocycles. The quantitative estimate of drug-likeness (QED) is 0.447. The molecule has 5 rings (SSSR count). The third kappa shape index (κ3) is 4.36. The van der Waals surface area contributed by atoms with Crippen molar-refractivity contribution < 1.29 is 19.1 Å². The molecule has 1 fully saturated rings. The summed E-state index contributed by atoms with van der Waals surface area (Å²) in [5, 5.41) is 17.1. The van der Waals surface area contributed by atoms with Crippen molar-refractivity contribution in [3.05, 3.63) is 60.6 Å². The summed E-state index contributed by atoms with van der Waals surface area (Å²) in [4.78, 5) is 17.8. The smallest absolute Gasteiger partial charge is 0.306 e. The average Bonchev–Trinajstić information content (AvgIpc) is 3.49. The van der Waals surface area contributed by atoms with Gasteiger partial charge in [-0.25, -0.2) is 4.98 Å². The number of aromatic nitrogens is 3. The number of carbonyl (C=O) groups is 1. The van der Waals surface area contributed by atoms with E-state index in [0.29, 0.717) is 11.6 Å². The number of ether oxygens (including phenoxy) is 1. The Bertz CT molecular complexity index is 1190. The lowest BCUT2D eigenvalue weighted by atomic mass is 9.97. The Balaban J connectivity index is 1.21. The van der Waals surface area contributed by atoms with Crippen molar-refractivity contribution in [1.29, 1.82) is 0 Å². The first-order chi connectivity index (χ1) is 15.7. The fraction of sp³-hybridized carbons (Fsp3) is 0.292. The number of fused-ring (bicyclic) bond motifs is 1. The van der Waals surface area contributed by atoms with Crippen LogP contribution in [0.15, 0.2) is 59.5 Å². The van der Waals surface area contributed by atoms with E-state index in [2.05, 4.69) is 20.1 Å². The van der Waals surface area contributed by atoms with Gasteiger partial charge in [-0.05, 0) is 62.2 Å². The Morgan fingerprint density at radius 2 is 2.09 bits per heavy atom. The zero-order chi connectivity index (χ0) is 21.9. The summed E-state index contributed by atoms with van der Waals surface area (Å²) in [5.41, 5.74) is 3.76. The van der Waals surface area contributed by atoms with Crippen LogP contribution in [0.2, 0.25) is 0 Å². The molecule has 0 atom stereocenters. The number of aliphatic carboxylic acids is 1. The molecule has 1 aliphatic rings. The molecule has 0 amide bonds. The minimum absolute atomic E-state index is 0.199. The monoisotopic (exact) mass is 432 g/mol. The lowest BCUT2D eigenvalue weighted by Crippen LogP contribution is -2.37. The molecule has 0 saturated carbocycles. The number of hydrogen-bond donors (Lipinski definition) is 2. The lowest BCUT2D eigenvalue weighted by Gasteiger charge is -2.29. The van der Waals surface area contributed by atoms with E-state index >= 15 is 0 Å². The Morgan fingerprint density at radius 3 is 2.81 bits per heavy atom. The van der Waals surface area contributed by atoms with E-state index in [0.717, 1.165) is 66.7 Å². The number of H-pyrrole nitrogens is 1. The molecular formula is C24H24N4O4. The second-order valence-electron chi connectivity index (χ2n) is 8.08. The summed E-state index contributed by atoms with van der Waals surface area (Å²) in [6.07, 6.45) is 7.55. The van der Waals surface area contributed by atoms with Crippen LogP contribution >= 0.6 is 0 Å². The fourth-order valence-corrected chi connectivity index (χ4v) is 4.14. The third-order valence-corrected chi connectivity index (χ3v) is 6.03. The van der Waals surface area contributed by atoms with E-state index in [1.807, 2.05) is 36.4 Å². The molecule has 1 saturated heterocycles. The molecule has 0 spiro atoms.